The molecule has 0 bridgehead atoms. The predicted molar refractivity (Wildman–Crippen MR) is 62.1 cm³/mol. The van der Waals surface area contributed by atoms with Gasteiger partial charge in [-0.05, 0) is 16.7 Å². The topological polar surface area (TPSA) is 34.1 Å². The van der Waals surface area contributed by atoms with Gasteiger partial charge in [0.05, 0.1) is 5.73 Å². The standard InChI is InChI=1S/C11H24O2S/c1-10(2,3)9(11(4,5)6)8-14(7,12)13/h9H,8H2,1-7H3/i7D2,8D,9D. The summed E-state index contributed by atoms with van der Waals surface area (Å²) in [6.45, 7) is 10.3. The second-order valence-electron chi connectivity index (χ2n) is 5.62. The summed E-state index contributed by atoms with van der Waals surface area (Å²) in [6.07, 6.45) is -2.13. The highest BCUT2D eigenvalue weighted by molar-refractivity contribution is 7.90. The molecule has 1 atom stereocenters. The van der Waals surface area contributed by atoms with Crippen LogP contribution in [0.15, 0.2) is 0 Å². The smallest absolute Gasteiger partial charge is 0.147 e. The molecule has 0 saturated carbocycles. The third-order valence-corrected chi connectivity index (χ3v) is 2.46. The average molecular weight is 224 g/mol. The summed E-state index contributed by atoms with van der Waals surface area (Å²) in [5, 5.41) is 0. The van der Waals surface area contributed by atoms with Crippen LogP contribution in [-0.4, -0.2) is 20.4 Å². The SMILES string of the molecule is [2H]C([2H])S(=O)(=O)C([2H])C([2H])(C(C)(C)C)C(C)(C)C. The summed E-state index contributed by atoms with van der Waals surface area (Å²) >= 11 is 0. The van der Waals surface area contributed by atoms with E-state index in [1.807, 2.05) is 0 Å². The molecule has 1 unspecified atom stereocenters. The largest absolute Gasteiger partial charge is 0.229 e. The number of sulfone groups is 1. The van der Waals surface area contributed by atoms with Gasteiger partial charge < -0.3 is 0 Å². The van der Waals surface area contributed by atoms with Gasteiger partial charge >= 0.3 is 0 Å². The zero-order valence-corrected chi connectivity index (χ0v) is 10.7. The van der Waals surface area contributed by atoms with Gasteiger partial charge in [-0.3, -0.25) is 0 Å². The molecule has 0 aliphatic carbocycles. The first-order chi connectivity index (χ1) is 7.60. The molecule has 0 saturated heterocycles. The van der Waals surface area contributed by atoms with Gasteiger partial charge in [-0.1, -0.05) is 41.5 Å². The van der Waals surface area contributed by atoms with Gasteiger partial charge in [0.15, 0.2) is 0 Å². The first kappa shape index (κ1) is 8.14. The Morgan fingerprint density at radius 3 is 1.79 bits per heavy atom. The van der Waals surface area contributed by atoms with E-state index in [0.29, 0.717) is 0 Å². The molecule has 3 heteroatoms. The molecule has 0 aliphatic rings. The lowest BCUT2D eigenvalue weighted by atomic mass is 9.68. The van der Waals surface area contributed by atoms with Crippen LogP contribution in [0.5, 0.6) is 0 Å². The van der Waals surface area contributed by atoms with Crippen molar-refractivity contribution in [1.29, 1.82) is 0 Å². The fraction of sp³-hybridized carbons (Fsp3) is 1.00. The van der Waals surface area contributed by atoms with Crippen LogP contribution in [0.3, 0.4) is 0 Å². The summed E-state index contributed by atoms with van der Waals surface area (Å²) in [6, 6.07) is 0. The maximum atomic E-state index is 11.9. The second-order valence-corrected chi connectivity index (χ2v) is 7.03. The molecule has 0 rings (SSSR count). The Balaban J connectivity index is 5.98. The van der Waals surface area contributed by atoms with E-state index in [4.69, 9.17) is 5.48 Å². The summed E-state index contributed by atoms with van der Waals surface area (Å²) in [5.74, 6) is -1.61. The van der Waals surface area contributed by atoms with Gasteiger partial charge in [0.25, 0.3) is 0 Å². The van der Waals surface area contributed by atoms with Crippen molar-refractivity contribution in [3.05, 3.63) is 0 Å². The van der Waals surface area contributed by atoms with Gasteiger partial charge in [0.1, 0.15) is 9.84 Å². The highest BCUT2D eigenvalue weighted by Gasteiger charge is 2.36. The van der Waals surface area contributed by atoms with E-state index < -0.39 is 38.5 Å². The van der Waals surface area contributed by atoms with Crippen LogP contribution in [0.2, 0.25) is 0 Å². The molecule has 0 spiro atoms. The van der Waals surface area contributed by atoms with E-state index in [1.54, 1.807) is 41.5 Å². The van der Waals surface area contributed by atoms with Crippen molar-refractivity contribution in [2.45, 2.75) is 41.5 Å². The van der Waals surface area contributed by atoms with Crippen molar-refractivity contribution >= 4 is 9.84 Å². The summed E-state index contributed by atoms with van der Waals surface area (Å²) in [7, 11) is -4.29. The lowest BCUT2D eigenvalue weighted by Crippen LogP contribution is -2.37. The van der Waals surface area contributed by atoms with Crippen LogP contribution < -0.4 is 0 Å². The van der Waals surface area contributed by atoms with Crippen molar-refractivity contribution in [1.82, 2.24) is 0 Å². The Bertz CT molecular complexity index is 376. The fourth-order valence-electron chi connectivity index (χ4n) is 1.64. The summed E-state index contributed by atoms with van der Waals surface area (Å²) in [5.41, 5.74) is -3.34. The molecular formula is C11H24O2S. The average Bonchev–Trinajstić information content (AvgIpc) is 2.11. The van der Waals surface area contributed by atoms with Crippen molar-refractivity contribution < 1.29 is 13.9 Å². The van der Waals surface area contributed by atoms with E-state index in [-0.39, 0.29) is 0 Å². The zero-order chi connectivity index (χ0) is 15.2. The first-order valence-electron chi connectivity index (χ1n) is 6.83. The minimum absolute atomic E-state index is 0.764. The quantitative estimate of drug-likeness (QED) is 0.723. The fourth-order valence-corrected chi connectivity index (χ4v) is 2.68. The van der Waals surface area contributed by atoms with E-state index in [9.17, 15) is 8.42 Å². The molecule has 14 heavy (non-hydrogen) atoms. The number of hydrogen-bond acceptors (Lipinski definition) is 2. The predicted octanol–water partition coefficient (Wildman–Crippen LogP) is 2.74. The Hall–Kier alpha value is -0.0500. The Morgan fingerprint density at radius 1 is 1.21 bits per heavy atom. The number of rotatable bonds is 2. The summed E-state index contributed by atoms with van der Waals surface area (Å²) < 4.78 is 54.4. The minimum atomic E-state index is -4.29. The molecule has 0 amide bonds. The molecule has 0 N–H and O–H groups in total. The van der Waals surface area contributed by atoms with Crippen LogP contribution >= 0.6 is 0 Å². The normalized spacial score (nSPS) is 22.2. The Kier molecular flexibility index (Phi) is 2.23. The maximum absolute atomic E-state index is 11.9. The van der Waals surface area contributed by atoms with E-state index in [0.717, 1.165) is 0 Å². The van der Waals surface area contributed by atoms with Crippen molar-refractivity contribution in [2.24, 2.45) is 16.7 Å². The Labute approximate surface area is 94.6 Å². The van der Waals surface area contributed by atoms with Crippen molar-refractivity contribution in [2.75, 3.05) is 11.9 Å². The second kappa shape index (κ2) is 3.84. The molecule has 86 valence electrons. The molecule has 0 aromatic carbocycles. The summed E-state index contributed by atoms with van der Waals surface area (Å²) in [4.78, 5) is 0. The maximum Gasteiger partial charge on any atom is 0.147 e. The van der Waals surface area contributed by atoms with Crippen molar-refractivity contribution in [3.63, 3.8) is 0 Å². The van der Waals surface area contributed by atoms with Crippen LogP contribution in [0, 0.1) is 16.7 Å². The molecule has 0 aromatic rings. The van der Waals surface area contributed by atoms with E-state index in [2.05, 4.69) is 0 Å². The number of hydrogen-bond donors (Lipinski definition) is 0. The lowest BCUT2D eigenvalue weighted by Gasteiger charge is -2.40. The van der Waals surface area contributed by atoms with E-state index >= 15 is 0 Å². The van der Waals surface area contributed by atoms with Gasteiger partial charge in [-0.25, -0.2) is 8.42 Å². The molecular weight excluding hydrogens is 196 g/mol. The molecule has 0 aromatic heterocycles. The molecule has 0 aliphatic heterocycles. The van der Waals surface area contributed by atoms with Gasteiger partial charge in [-0.2, -0.15) is 0 Å². The van der Waals surface area contributed by atoms with Crippen molar-refractivity contribution in [3.8, 4) is 0 Å². The highest BCUT2D eigenvalue weighted by atomic mass is 32.2. The monoisotopic (exact) mass is 224 g/mol. The van der Waals surface area contributed by atoms with Crippen LogP contribution in [-0.2, 0) is 9.84 Å². The minimum Gasteiger partial charge on any atom is -0.229 e. The van der Waals surface area contributed by atoms with Crippen LogP contribution in [0.1, 0.15) is 47.0 Å². The lowest BCUT2D eigenvalue weighted by molar-refractivity contribution is 0.123. The first-order valence-corrected chi connectivity index (χ1v) is 6.20. The molecule has 0 fully saturated rings. The van der Waals surface area contributed by atoms with Crippen LogP contribution in [0.4, 0.5) is 0 Å². The van der Waals surface area contributed by atoms with Crippen LogP contribution in [0.25, 0.3) is 0 Å². The molecule has 0 heterocycles. The van der Waals surface area contributed by atoms with Gasteiger partial charge in [0.2, 0.25) is 0 Å². The highest BCUT2D eigenvalue weighted by Crippen LogP contribution is 2.40. The molecule has 2 nitrogen and oxygen atoms in total. The van der Waals surface area contributed by atoms with Gasteiger partial charge in [-0.15, -0.1) is 0 Å². The Morgan fingerprint density at radius 2 is 1.57 bits per heavy atom. The van der Waals surface area contributed by atoms with E-state index in [1.165, 1.54) is 0 Å². The zero-order valence-electron chi connectivity index (χ0n) is 13.9. The van der Waals surface area contributed by atoms with Gasteiger partial charge in [0, 0.05) is 11.7 Å². The molecule has 0 radical (unpaired) electrons. The third kappa shape index (κ3) is 4.99. The third-order valence-electron chi connectivity index (χ3n) is 1.90.